The standard InChI is InChI=1S/C25H20Cl2N8O7S/c1-41-23-10-16(24-30-31-32-34(24)43(39,40)19-6-4-18(5-7-19)35(37)38)2-9-22(23)42-13-25(36,12-33-15-28-14-29-33)20-8-3-17(26)11-21(20)27/h2-11,14-15,36H,12-13H2,1H3. The van der Waals surface area contributed by atoms with Crippen LogP contribution < -0.4 is 9.47 Å². The molecular formula is C25H20Cl2N8O7S. The van der Waals surface area contributed by atoms with Gasteiger partial charge in [0.1, 0.15) is 24.9 Å². The molecule has 0 aliphatic heterocycles. The minimum Gasteiger partial charge on any atom is -0.493 e. The molecule has 2 aromatic heterocycles. The zero-order valence-electron chi connectivity index (χ0n) is 22.0. The largest absolute Gasteiger partial charge is 0.493 e. The van der Waals surface area contributed by atoms with E-state index in [4.69, 9.17) is 32.7 Å². The highest BCUT2D eigenvalue weighted by atomic mass is 35.5. The number of halogens is 2. The van der Waals surface area contributed by atoms with Gasteiger partial charge < -0.3 is 14.6 Å². The molecule has 1 atom stereocenters. The van der Waals surface area contributed by atoms with Gasteiger partial charge in [-0.1, -0.05) is 29.3 Å². The molecule has 5 rings (SSSR count). The monoisotopic (exact) mass is 646 g/mol. The third kappa shape index (κ3) is 6.12. The summed E-state index contributed by atoms with van der Waals surface area (Å²) < 4.78 is 40.0. The number of tetrazole rings is 1. The molecule has 0 radical (unpaired) electrons. The Morgan fingerprint density at radius 1 is 1.07 bits per heavy atom. The van der Waals surface area contributed by atoms with E-state index in [0.29, 0.717) is 14.7 Å². The smallest absolute Gasteiger partial charge is 0.286 e. The molecule has 0 aliphatic carbocycles. The van der Waals surface area contributed by atoms with Crippen LogP contribution in [-0.4, -0.2) is 66.5 Å². The first kappa shape index (κ1) is 29.8. The maximum Gasteiger partial charge on any atom is 0.286 e. The summed E-state index contributed by atoms with van der Waals surface area (Å²) in [5.41, 5.74) is -1.39. The van der Waals surface area contributed by atoms with Gasteiger partial charge in [-0.25, -0.2) is 9.67 Å². The van der Waals surface area contributed by atoms with E-state index in [2.05, 4.69) is 25.6 Å². The number of rotatable bonds is 11. The predicted octanol–water partition coefficient (Wildman–Crippen LogP) is 3.36. The van der Waals surface area contributed by atoms with Crippen LogP contribution in [0, 0.1) is 10.1 Å². The number of aromatic nitrogens is 7. The second-order valence-corrected chi connectivity index (χ2v) is 11.6. The lowest BCUT2D eigenvalue weighted by Crippen LogP contribution is -2.38. The van der Waals surface area contributed by atoms with Crippen molar-refractivity contribution in [1.29, 1.82) is 0 Å². The molecular weight excluding hydrogens is 627 g/mol. The number of aliphatic hydroxyl groups is 1. The molecule has 0 saturated heterocycles. The third-order valence-corrected chi connectivity index (χ3v) is 8.34. The Morgan fingerprint density at radius 3 is 2.49 bits per heavy atom. The first-order valence-corrected chi connectivity index (χ1v) is 14.3. The van der Waals surface area contributed by atoms with Gasteiger partial charge in [0, 0.05) is 33.3 Å². The minimum atomic E-state index is -4.32. The van der Waals surface area contributed by atoms with Crippen LogP contribution in [0.2, 0.25) is 10.0 Å². The van der Waals surface area contributed by atoms with Gasteiger partial charge in [0.25, 0.3) is 15.7 Å². The van der Waals surface area contributed by atoms with Crippen molar-refractivity contribution < 1.29 is 27.9 Å². The van der Waals surface area contributed by atoms with Crippen LogP contribution >= 0.6 is 23.2 Å². The fraction of sp³-hybridized carbons (Fsp3) is 0.160. The average Bonchev–Trinajstić information content (AvgIpc) is 3.69. The van der Waals surface area contributed by atoms with E-state index in [-0.39, 0.29) is 51.6 Å². The van der Waals surface area contributed by atoms with E-state index in [9.17, 15) is 23.6 Å². The summed E-state index contributed by atoms with van der Waals surface area (Å²) in [6.07, 6.45) is 2.75. The zero-order valence-corrected chi connectivity index (χ0v) is 24.3. The molecule has 0 aliphatic rings. The SMILES string of the molecule is COc1cc(-c2nnnn2S(=O)(=O)c2ccc([N+](=O)[O-])cc2)ccc1OCC(O)(Cn1cncn1)c1ccc(Cl)cc1Cl. The number of nitro benzene ring substituents is 1. The van der Waals surface area contributed by atoms with Crippen molar-refractivity contribution in [2.75, 3.05) is 13.7 Å². The Morgan fingerprint density at radius 2 is 1.84 bits per heavy atom. The Labute approximate surface area is 253 Å². The molecule has 222 valence electrons. The number of methoxy groups -OCH3 is 1. The normalized spacial score (nSPS) is 12.9. The Bertz CT molecular complexity index is 1890. The van der Waals surface area contributed by atoms with Crippen molar-refractivity contribution in [2.45, 2.75) is 17.0 Å². The molecule has 18 heteroatoms. The van der Waals surface area contributed by atoms with Crippen molar-refractivity contribution in [3.63, 3.8) is 0 Å². The fourth-order valence-electron chi connectivity index (χ4n) is 4.13. The number of benzene rings is 3. The molecule has 5 aromatic rings. The lowest BCUT2D eigenvalue weighted by atomic mass is 9.94. The number of hydrogen-bond acceptors (Lipinski definition) is 12. The topological polar surface area (TPSA) is 190 Å². The van der Waals surface area contributed by atoms with Crippen molar-refractivity contribution in [3.8, 4) is 22.9 Å². The number of nitrogens with zero attached hydrogens (tertiary/aromatic N) is 8. The van der Waals surface area contributed by atoms with Crippen LogP contribution in [0.3, 0.4) is 0 Å². The van der Waals surface area contributed by atoms with Gasteiger partial charge in [-0.2, -0.15) is 13.5 Å². The Hall–Kier alpha value is -4.64. The number of ether oxygens (including phenoxy) is 2. The van der Waals surface area contributed by atoms with Crippen LogP contribution in [0.15, 0.2) is 78.2 Å². The van der Waals surface area contributed by atoms with Crippen molar-refractivity contribution in [2.24, 2.45) is 0 Å². The molecule has 0 spiro atoms. The van der Waals surface area contributed by atoms with Gasteiger partial charge in [-0.05, 0) is 52.9 Å². The summed E-state index contributed by atoms with van der Waals surface area (Å²) in [4.78, 5) is 14.0. The van der Waals surface area contributed by atoms with Crippen molar-refractivity contribution in [3.05, 3.63) is 99.0 Å². The first-order chi connectivity index (χ1) is 20.5. The molecule has 43 heavy (non-hydrogen) atoms. The summed E-state index contributed by atoms with van der Waals surface area (Å²) >= 11 is 12.5. The van der Waals surface area contributed by atoms with Gasteiger partial charge in [-0.15, -0.1) is 9.19 Å². The summed E-state index contributed by atoms with van der Waals surface area (Å²) in [5.74, 6) is 0.217. The van der Waals surface area contributed by atoms with Crippen molar-refractivity contribution in [1.82, 2.24) is 34.4 Å². The van der Waals surface area contributed by atoms with E-state index >= 15 is 0 Å². The number of non-ortho nitro benzene ring substituents is 1. The lowest BCUT2D eigenvalue weighted by molar-refractivity contribution is -0.384. The molecule has 0 amide bonds. The van der Waals surface area contributed by atoms with Gasteiger partial charge in [0.15, 0.2) is 17.3 Å². The lowest BCUT2D eigenvalue weighted by Gasteiger charge is -2.29. The van der Waals surface area contributed by atoms with Crippen LogP contribution in [-0.2, 0) is 22.2 Å². The number of hydrogen-bond donors (Lipinski definition) is 1. The average molecular weight is 647 g/mol. The summed E-state index contributed by atoms with van der Waals surface area (Å²) in [6, 6.07) is 13.4. The first-order valence-electron chi connectivity index (χ1n) is 12.1. The fourth-order valence-corrected chi connectivity index (χ4v) is 5.89. The van der Waals surface area contributed by atoms with E-state index in [1.54, 1.807) is 12.1 Å². The summed E-state index contributed by atoms with van der Waals surface area (Å²) in [6.45, 7) is -0.375. The van der Waals surface area contributed by atoms with Crippen LogP contribution in [0.5, 0.6) is 11.5 Å². The maximum absolute atomic E-state index is 13.3. The quantitative estimate of drug-likeness (QED) is 0.163. The molecule has 15 nitrogen and oxygen atoms in total. The molecule has 0 saturated carbocycles. The molecule has 3 aromatic carbocycles. The zero-order chi connectivity index (χ0) is 30.8. The molecule has 0 fully saturated rings. The van der Waals surface area contributed by atoms with E-state index in [1.807, 2.05) is 0 Å². The molecule has 2 heterocycles. The highest BCUT2D eigenvalue weighted by Gasteiger charge is 2.34. The Kier molecular flexibility index (Phi) is 8.27. The summed E-state index contributed by atoms with van der Waals surface area (Å²) in [7, 11) is -2.95. The predicted molar refractivity (Wildman–Crippen MR) is 151 cm³/mol. The highest BCUT2D eigenvalue weighted by molar-refractivity contribution is 7.90. The van der Waals surface area contributed by atoms with Crippen LogP contribution in [0.1, 0.15) is 5.56 Å². The van der Waals surface area contributed by atoms with Gasteiger partial charge in [0.05, 0.1) is 23.5 Å². The molecule has 1 unspecified atom stereocenters. The third-order valence-electron chi connectivity index (χ3n) is 6.23. The van der Waals surface area contributed by atoms with E-state index in [1.165, 1.54) is 48.7 Å². The van der Waals surface area contributed by atoms with Crippen LogP contribution in [0.4, 0.5) is 5.69 Å². The van der Waals surface area contributed by atoms with E-state index < -0.39 is 20.5 Å². The Balaban J connectivity index is 1.44. The summed E-state index contributed by atoms with van der Waals surface area (Å²) in [5, 5.41) is 38.3. The maximum atomic E-state index is 13.3. The van der Waals surface area contributed by atoms with Gasteiger partial charge in [-0.3, -0.25) is 10.1 Å². The van der Waals surface area contributed by atoms with Crippen LogP contribution in [0.25, 0.3) is 11.4 Å². The second-order valence-electron chi connectivity index (χ2n) is 9.00. The van der Waals surface area contributed by atoms with E-state index in [0.717, 1.165) is 24.3 Å². The van der Waals surface area contributed by atoms with Gasteiger partial charge in [0.2, 0.25) is 0 Å². The van der Waals surface area contributed by atoms with Gasteiger partial charge >= 0.3 is 0 Å². The van der Waals surface area contributed by atoms with Crippen molar-refractivity contribution >= 4 is 38.9 Å². The highest BCUT2D eigenvalue weighted by Crippen LogP contribution is 2.36. The number of nitro groups is 1. The molecule has 1 N–H and O–H groups in total. The molecule has 0 bridgehead atoms. The minimum absolute atomic E-state index is 0.0654. The second kappa shape index (κ2) is 11.9.